The number of rotatable bonds is 6. The van der Waals surface area contributed by atoms with Crippen LogP contribution in [-0.4, -0.2) is 54.4 Å². The molecule has 1 unspecified atom stereocenters. The van der Waals surface area contributed by atoms with Gasteiger partial charge in [-0.2, -0.15) is 0 Å². The SMILES string of the molecule is C=CCO[C@@H]1CCN(C2CCOC2)[C@H]1Cc1cccnc1. The summed E-state index contributed by atoms with van der Waals surface area (Å²) in [5.41, 5.74) is 1.28. The molecule has 1 aromatic rings. The fraction of sp³-hybridized carbons (Fsp3) is 0.588. The molecule has 2 aliphatic heterocycles. The van der Waals surface area contributed by atoms with Gasteiger partial charge in [0.05, 0.1) is 19.3 Å². The minimum absolute atomic E-state index is 0.281. The van der Waals surface area contributed by atoms with Crippen molar-refractivity contribution in [3.63, 3.8) is 0 Å². The van der Waals surface area contributed by atoms with Crippen LogP contribution in [0.3, 0.4) is 0 Å². The van der Waals surface area contributed by atoms with E-state index in [4.69, 9.17) is 9.47 Å². The first-order valence-electron chi connectivity index (χ1n) is 7.83. The van der Waals surface area contributed by atoms with Crippen molar-refractivity contribution in [2.75, 3.05) is 26.4 Å². The van der Waals surface area contributed by atoms with E-state index in [9.17, 15) is 0 Å². The number of hydrogen-bond donors (Lipinski definition) is 0. The molecule has 0 bridgehead atoms. The zero-order valence-electron chi connectivity index (χ0n) is 12.5. The first-order chi connectivity index (χ1) is 10.4. The van der Waals surface area contributed by atoms with Gasteiger partial charge in [-0.05, 0) is 30.9 Å². The van der Waals surface area contributed by atoms with Crippen LogP contribution < -0.4 is 0 Å². The Morgan fingerprint density at radius 3 is 3.14 bits per heavy atom. The molecule has 2 fully saturated rings. The maximum atomic E-state index is 6.01. The van der Waals surface area contributed by atoms with Crippen molar-refractivity contribution in [3.05, 3.63) is 42.7 Å². The van der Waals surface area contributed by atoms with Crippen LogP contribution >= 0.6 is 0 Å². The molecule has 2 saturated heterocycles. The van der Waals surface area contributed by atoms with E-state index < -0.39 is 0 Å². The van der Waals surface area contributed by atoms with Crippen molar-refractivity contribution in [2.24, 2.45) is 0 Å². The molecule has 0 aliphatic carbocycles. The highest BCUT2D eigenvalue weighted by Crippen LogP contribution is 2.29. The lowest BCUT2D eigenvalue weighted by atomic mass is 10.0. The van der Waals surface area contributed by atoms with Gasteiger partial charge in [-0.15, -0.1) is 6.58 Å². The van der Waals surface area contributed by atoms with Gasteiger partial charge >= 0.3 is 0 Å². The zero-order chi connectivity index (χ0) is 14.5. The van der Waals surface area contributed by atoms with E-state index in [0.29, 0.717) is 18.7 Å². The van der Waals surface area contributed by atoms with Crippen molar-refractivity contribution >= 4 is 0 Å². The second-order valence-electron chi connectivity index (χ2n) is 5.84. The fourth-order valence-electron chi connectivity index (χ4n) is 3.48. The van der Waals surface area contributed by atoms with Gasteiger partial charge < -0.3 is 9.47 Å². The molecule has 0 amide bonds. The van der Waals surface area contributed by atoms with Gasteiger partial charge in [0, 0.05) is 37.6 Å². The molecule has 114 valence electrons. The van der Waals surface area contributed by atoms with Gasteiger partial charge in [-0.25, -0.2) is 0 Å². The second kappa shape index (κ2) is 7.16. The Labute approximate surface area is 126 Å². The monoisotopic (exact) mass is 288 g/mol. The maximum Gasteiger partial charge on any atom is 0.0750 e. The van der Waals surface area contributed by atoms with Crippen LogP contribution in [0.2, 0.25) is 0 Å². The first kappa shape index (κ1) is 14.7. The maximum absolute atomic E-state index is 6.01. The molecule has 3 heterocycles. The number of pyridine rings is 1. The van der Waals surface area contributed by atoms with Crippen molar-refractivity contribution in [2.45, 2.75) is 37.5 Å². The molecule has 21 heavy (non-hydrogen) atoms. The molecule has 0 radical (unpaired) electrons. The molecule has 4 nitrogen and oxygen atoms in total. The summed E-state index contributed by atoms with van der Waals surface area (Å²) in [4.78, 5) is 6.83. The van der Waals surface area contributed by atoms with Crippen LogP contribution in [0.5, 0.6) is 0 Å². The Kier molecular flexibility index (Phi) is 5.01. The minimum atomic E-state index is 0.281. The largest absolute Gasteiger partial charge is 0.380 e. The van der Waals surface area contributed by atoms with Crippen molar-refractivity contribution < 1.29 is 9.47 Å². The lowest BCUT2D eigenvalue weighted by Gasteiger charge is -2.32. The highest BCUT2D eigenvalue weighted by molar-refractivity contribution is 5.12. The van der Waals surface area contributed by atoms with E-state index in [1.165, 1.54) is 5.56 Å². The van der Waals surface area contributed by atoms with E-state index in [0.717, 1.165) is 39.0 Å². The minimum Gasteiger partial charge on any atom is -0.380 e. The van der Waals surface area contributed by atoms with Crippen LogP contribution in [0, 0.1) is 0 Å². The molecule has 3 rings (SSSR count). The first-order valence-corrected chi connectivity index (χ1v) is 7.83. The summed E-state index contributed by atoms with van der Waals surface area (Å²) in [5.74, 6) is 0. The van der Waals surface area contributed by atoms with E-state index >= 15 is 0 Å². The van der Waals surface area contributed by atoms with Crippen LogP contribution in [0.25, 0.3) is 0 Å². The molecule has 2 aliphatic rings. The number of ether oxygens (including phenoxy) is 2. The molecule has 0 saturated carbocycles. The van der Waals surface area contributed by atoms with E-state index in [-0.39, 0.29) is 6.10 Å². The summed E-state index contributed by atoms with van der Waals surface area (Å²) in [6.07, 6.45) is 9.13. The molecular weight excluding hydrogens is 264 g/mol. The van der Waals surface area contributed by atoms with Gasteiger partial charge in [0.2, 0.25) is 0 Å². The van der Waals surface area contributed by atoms with Crippen molar-refractivity contribution in [1.82, 2.24) is 9.88 Å². The average molecular weight is 288 g/mol. The van der Waals surface area contributed by atoms with E-state index in [1.54, 1.807) is 0 Å². The third-order valence-electron chi connectivity index (χ3n) is 4.50. The van der Waals surface area contributed by atoms with Crippen molar-refractivity contribution in [1.29, 1.82) is 0 Å². The Morgan fingerprint density at radius 2 is 2.43 bits per heavy atom. The smallest absolute Gasteiger partial charge is 0.0750 e. The number of hydrogen-bond acceptors (Lipinski definition) is 4. The highest BCUT2D eigenvalue weighted by atomic mass is 16.5. The normalized spacial score (nSPS) is 29.8. The van der Waals surface area contributed by atoms with Crippen LogP contribution in [-0.2, 0) is 15.9 Å². The second-order valence-corrected chi connectivity index (χ2v) is 5.84. The predicted octanol–water partition coefficient (Wildman–Crippen LogP) is 2.06. The molecule has 1 aromatic heterocycles. The number of likely N-dealkylation sites (tertiary alicyclic amines) is 1. The van der Waals surface area contributed by atoms with E-state index in [2.05, 4.69) is 22.5 Å². The topological polar surface area (TPSA) is 34.6 Å². The summed E-state index contributed by atoms with van der Waals surface area (Å²) in [5, 5.41) is 0. The predicted molar refractivity (Wildman–Crippen MR) is 82.2 cm³/mol. The summed E-state index contributed by atoms with van der Waals surface area (Å²) in [7, 11) is 0. The van der Waals surface area contributed by atoms with Gasteiger partial charge in [0.25, 0.3) is 0 Å². The number of nitrogens with zero attached hydrogens (tertiary/aromatic N) is 2. The Balaban J connectivity index is 1.72. The third kappa shape index (κ3) is 3.51. The summed E-state index contributed by atoms with van der Waals surface area (Å²) >= 11 is 0. The van der Waals surface area contributed by atoms with Crippen LogP contribution in [0.15, 0.2) is 37.2 Å². The Morgan fingerprint density at radius 1 is 1.48 bits per heavy atom. The molecule has 0 aromatic carbocycles. The Bertz CT molecular complexity index is 445. The summed E-state index contributed by atoms with van der Waals surface area (Å²) < 4.78 is 11.6. The molecule has 0 N–H and O–H groups in total. The van der Waals surface area contributed by atoms with Gasteiger partial charge in [-0.3, -0.25) is 9.88 Å². The average Bonchev–Trinajstić information content (AvgIpc) is 3.16. The van der Waals surface area contributed by atoms with Crippen molar-refractivity contribution in [3.8, 4) is 0 Å². The quantitative estimate of drug-likeness (QED) is 0.751. The van der Waals surface area contributed by atoms with Gasteiger partial charge in [0.15, 0.2) is 0 Å². The van der Waals surface area contributed by atoms with Gasteiger partial charge in [0.1, 0.15) is 0 Å². The summed E-state index contributed by atoms with van der Waals surface area (Å²) in [6.45, 7) is 7.23. The molecular formula is C17H24N2O2. The van der Waals surface area contributed by atoms with Crippen LogP contribution in [0.1, 0.15) is 18.4 Å². The molecule has 0 spiro atoms. The highest BCUT2D eigenvalue weighted by Gasteiger charge is 2.39. The molecule has 4 heteroatoms. The van der Waals surface area contributed by atoms with E-state index in [1.807, 2.05) is 24.5 Å². The van der Waals surface area contributed by atoms with Gasteiger partial charge in [-0.1, -0.05) is 12.1 Å². The fourth-order valence-corrected chi connectivity index (χ4v) is 3.48. The zero-order valence-corrected chi connectivity index (χ0v) is 12.5. The summed E-state index contributed by atoms with van der Waals surface area (Å²) in [6, 6.07) is 5.12. The third-order valence-corrected chi connectivity index (χ3v) is 4.50. The molecule has 3 atom stereocenters. The van der Waals surface area contributed by atoms with Crippen LogP contribution in [0.4, 0.5) is 0 Å². The lowest BCUT2D eigenvalue weighted by molar-refractivity contribution is 0.0317. The lowest BCUT2D eigenvalue weighted by Crippen LogP contribution is -2.44. The Hall–Kier alpha value is -1.23. The standard InChI is InChI=1S/C17H24N2O2/c1-2-9-21-17-5-8-19(15-6-10-20-13-15)16(17)11-14-4-3-7-18-12-14/h2-4,7,12,15-17H,1,5-6,8-11,13H2/t15?,16-,17+/m0/s1. The number of aromatic nitrogens is 1.